The van der Waals surface area contributed by atoms with Gasteiger partial charge in [-0.2, -0.15) is 0 Å². The molecule has 25 heavy (non-hydrogen) atoms. The van der Waals surface area contributed by atoms with Crippen LogP contribution in [-0.2, 0) is 17.6 Å². The quantitative estimate of drug-likeness (QED) is 0.693. The Bertz CT molecular complexity index is 976. The van der Waals surface area contributed by atoms with Gasteiger partial charge in [-0.15, -0.1) is 0 Å². The summed E-state index contributed by atoms with van der Waals surface area (Å²) in [6, 6.07) is 10.0. The SMILES string of the molecule is Cc1ccc2nc3c(n2c1)CC(C(=O)Nc1ccc(C)c(Br)c1)CC3. The molecule has 4 rings (SSSR count). The molecule has 1 amide bonds. The molecule has 3 aromatic rings. The van der Waals surface area contributed by atoms with E-state index in [2.05, 4.69) is 44.8 Å². The lowest BCUT2D eigenvalue weighted by molar-refractivity contribution is -0.120. The normalized spacial score (nSPS) is 16.7. The summed E-state index contributed by atoms with van der Waals surface area (Å²) in [6.07, 6.45) is 4.54. The number of rotatable bonds is 2. The van der Waals surface area contributed by atoms with E-state index in [1.165, 1.54) is 11.3 Å². The van der Waals surface area contributed by atoms with E-state index in [9.17, 15) is 4.79 Å². The standard InChI is InChI=1S/C20H20BrN3O/c1-12-3-8-19-23-17-7-5-14(9-18(17)24(19)11-12)20(25)22-15-6-4-13(2)16(21)10-15/h3-4,6,8,10-11,14H,5,7,9H2,1-2H3,(H,22,25). The van der Waals surface area contributed by atoms with Crippen molar-refractivity contribution in [3.05, 3.63) is 63.5 Å². The van der Waals surface area contributed by atoms with Crippen molar-refractivity contribution in [3.8, 4) is 0 Å². The van der Waals surface area contributed by atoms with Gasteiger partial charge in [0.2, 0.25) is 5.91 Å². The largest absolute Gasteiger partial charge is 0.326 e. The maximum Gasteiger partial charge on any atom is 0.227 e. The van der Waals surface area contributed by atoms with E-state index < -0.39 is 0 Å². The molecule has 0 saturated heterocycles. The van der Waals surface area contributed by atoms with Crippen molar-refractivity contribution in [1.82, 2.24) is 9.38 Å². The summed E-state index contributed by atoms with van der Waals surface area (Å²) in [6.45, 7) is 4.11. The molecule has 0 aliphatic heterocycles. The van der Waals surface area contributed by atoms with E-state index in [1.54, 1.807) is 0 Å². The first-order valence-electron chi connectivity index (χ1n) is 8.55. The zero-order valence-corrected chi connectivity index (χ0v) is 15.9. The number of imidazole rings is 1. The summed E-state index contributed by atoms with van der Waals surface area (Å²) < 4.78 is 3.15. The van der Waals surface area contributed by atoms with Crippen molar-refractivity contribution in [3.63, 3.8) is 0 Å². The molecule has 1 aliphatic carbocycles. The third kappa shape index (κ3) is 3.09. The van der Waals surface area contributed by atoms with Crippen molar-refractivity contribution in [2.24, 2.45) is 5.92 Å². The minimum absolute atomic E-state index is 0.0204. The smallest absolute Gasteiger partial charge is 0.227 e. The molecule has 1 atom stereocenters. The number of amides is 1. The number of nitrogens with zero attached hydrogens (tertiary/aromatic N) is 2. The highest BCUT2D eigenvalue weighted by Gasteiger charge is 2.28. The third-order valence-electron chi connectivity index (χ3n) is 4.93. The van der Waals surface area contributed by atoms with Gasteiger partial charge in [-0.25, -0.2) is 4.98 Å². The van der Waals surface area contributed by atoms with Crippen LogP contribution in [0.2, 0.25) is 0 Å². The van der Waals surface area contributed by atoms with Crippen LogP contribution in [0.5, 0.6) is 0 Å². The van der Waals surface area contributed by atoms with Crippen molar-refractivity contribution < 1.29 is 4.79 Å². The van der Waals surface area contributed by atoms with Gasteiger partial charge in [-0.1, -0.05) is 28.1 Å². The number of aryl methyl sites for hydroxylation is 3. The lowest BCUT2D eigenvalue weighted by Crippen LogP contribution is -2.28. The van der Waals surface area contributed by atoms with Gasteiger partial charge in [-0.3, -0.25) is 4.79 Å². The fourth-order valence-electron chi connectivity index (χ4n) is 3.45. The Morgan fingerprint density at radius 3 is 2.92 bits per heavy atom. The minimum Gasteiger partial charge on any atom is -0.326 e. The predicted molar refractivity (Wildman–Crippen MR) is 103 cm³/mol. The second kappa shape index (κ2) is 6.30. The lowest BCUT2D eigenvalue weighted by atomic mass is 9.89. The molecular formula is C20H20BrN3O. The Labute approximate surface area is 155 Å². The molecule has 2 heterocycles. The topological polar surface area (TPSA) is 46.4 Å². The third-order valence-corrected chi connectivity index (χ3v) is 5.78. The Morgan fingerprint density at radius 2 is 2.12 bits per heavy atom. The zero-order valence-electron chi connectivity index (χ0n) is 14.3. The summed E-state index contributed by atoms with van der Waals surface area (Å²) in [4.78, 5) is 17.5. The van der Waals surface area contributed by atoms with Gasteiger partial charge in [0.05, 0.1) is 5.69 Å². The summed E-state index contributed by atoms with van der Waals surface area (Å²) in [7, 11) is 0. The molecule has 0 fully saturated rings. The van der Waals surface area contributed by atoms with Crippen LogP contribution in [0.1, 0.15) is 28.9 Å². The highest BCUT2D eigenvalue weighted by atomic mass is 79.9. The maximum atomic E-state index is 12.7. The van der Waals surface area contributed by atoms with Gasteiger partial charge in [0.25, 0.3) is 0 Å². The number of aromatic nitrogens is 2. The average Bonchev–Trinajstić information content (AvgIpc) is 2.95. The van der Waals surface area contributed by atoms with Gasteiger partial charge in [-0.05, 0) is 56.0 Å². The number of hydrogen-bond acceptors (Lipinski definition) is 2. The van der Waals surface area contributed by atoms with E-state index in [0.717, 1.165) is 46.3 Å². The molecule has 128 valence electrons. The van der Waals surface area contributed by atoms with Crippen molar-refractivity contribution in [1.29, 1.82) is 0 Å². The number of carbonyl (C=O) groups is 1. The number of benzene rings is 1. The second-order valence-electron chi connectivity index (χ2n) is 6.83. The maximum absolute atomic E-state index is 12.7. The fourth-order valence-corrected chi connectivity index (χ4v) is 3.83. The summed E-state index contributed by atoms with van der Waals surface area (Å²) in [5.41, 5.74) is 6.47. The molecule has 0 bridgehead atoms. The van der Waals surface area contributed by atoms with Gasteiger partial charge in [0.1, 0.15) is 5.65 Å². The molecule has 4 nitrogen and oxygen atoms in total. The summed E-state index contributed by atoms with van der Waals surface area (Å²) >= 11 is 3.52. The van der Waals surface area contributed by atoms with Crippen LogP contribution in [0.15, 0.2) is 41.0 Å². The molecule has 1 aliphatic rings. The number of pyridine rings is 1. The molecule has 1 aromatic carbocycles. The molecule has 1 N–H and O–H groups in total. The molecule has 0 radical (unpaired) electrons. The van der Waals surface area contributed by atoms with Crippen molar-refractivity contribution in [2.45, 2.75) is 33.1 Å². The first-order valence-corrected chi connectivity index (χ1v) is 9.34. The Hall–Kier alpha value is -2.14. The lowest BCUT2D eigenvalue weighted by Gasteiger charge is -2.21. The van der Waals surface area contributed by atoms with Crippen LogP contribution in [0.4, 0.5) is 5.69 Å². The number of halogens is 1. The molecular weight excluding hydrogens is 378 g/mol. The minimum atomic E-state index is -0.0204. The van der Waals surface area contributed by atoms with Gasteiger partial charge in [0.15, 0.2) is 0 Å². The van der Waals surface area contributed by atoms with E-state index >= 15 is 0 Å². The monoisotopic (exact) mass is 397 g/mol. The van der Waals surface area contributed by atoms with Gasteiger partial charge in [0, 0.05) is 34.4 Å². The zero-order chi connectivity index (χ0) is 17.6. The van der Waals surface area contributed by atoms with E-state index in [-0.39, 0.29) is 11.8 Å². The fraction of sp³-hybridized carbons (Fsp3) is 0.300. The van der Waals surface area contributed by atoms with Crippen LogP contribution in [-0.4, -0.2) is 15.3 Å². The van der Waals surface area contributed by atoms with Crippen LogP contribution < -0.4 is 5.32 Å². The van der Waals surface area contributed by atoms with E-state index in [0.29, 0.717) is 0 Å². The Kier molecular flexibility index (Phi) is 4.12. The highest BCUT2D eigenvalue weighted by Crippen LogP contribution is 2.28. The van der Waals surface area contributed by atoms with Gasteiger partial charge < -0.3 is 9.72 Å². The number of fused-ring (bicyclic) bond motifs is 3. The van der Waals surface area contributed by atoms with Crippen LogP contribution in [0.3, 0.4) is 0 Å². The van der Waals surface area contributed by atoms with Crippen molar-refractivity contribution in [2.75, 3.05) is 5.32 Å². The first kappa shape index (κ1) is 16.3. The number of anilines is 1. The molecule has 2 aromatic heterocycles. The summed E-state index contributed by atoms with van der Waals surface area (Å²) in [5.74, 6) is 0.0667. The van der Waals surface area contributed by atoms with E-state index in [4.69, 9.17) is 4.98 Å². The van der Waals surface area contributed by atoms with Crippen LogP contribution in [0.25, 0.3) is 5.65 Å². The molecule has 0 spiro atoms. The van der Waals surface area contributed by atoms with E-state index in [1.807, 2.05) is 31.2 Å². The number of carbonyl (C=O) groups excluding carboxylic acids is 1. The second-order valence-corrected chi connectivity index (χ2v) is 7.69. The number of nitrogens with one attached hydrogen (secondary N) is 1. The summed E-state index contributed by atoms with van der Waals surface area (Å²) in [5, 5.41) is 3.06. The molecule has 5 heteroatoms. The predicted octanol–water partition coefficient (Wildman–Crippen LogP) is 4.46. The first-order chi connectivity index (χ1) is 12.0. The molecule has 0 saturated carbocycles. The highest BCUT2D eigenvalue weighted by molar-refractivity contribution is 9.10. The van der Waals surface area contributed by atoms with Crippen LogP contribution >= 0.6 is 15.9 Å². The van der Waals surface area contributed by atoms with Crippen molar-refractivity contribution >= 4 is 33.2 Å². The van der Waals surface area contributed by atoms with Gasteiger partial charge >= 0.3 is 0 Å². The Balaban J connectivity index is 1.57. The van der Waals surface area contributed by atoms with Crippen LogP contribution in [0, 0.1) is 19.8 Å². The molecule has 1 unspecified atom stereocenters. The average molecular weight is 398 g/mol. The number of hydrogen-bond donors (Lipinski definition) is 1. The Morgan fingerprint density at radius 1 is 1.28 bits per heavy atom.